The highest BCUT2D eigenvalue weighted by Gasteiger charge is 2.03. The predicted octanol–water partition coefficient (Wildman–Crippen LogP) is 4.93. The van der Waals surface area contributed by atoms with Crippen LogP contribution >= 0.6 is 0 Å². The minimum atomic E-state index is -0.389. The molecule has 1 amide bonds. The van der Waals surface area contributed by atoms with Crippen LogP contribution in [0.15, 0.2) is 48.5 Å². The van der Waals surface area contributed by atoms with Gasteiger partial charge in [-0.3, -0.25) is 5.32 Å². The Balaban J connectivity index is 1.87. The van der Waals surface area contributed by atoms with E-state index < -0.39 is 0 Å². The van der Waals surface area contributed by atoms with E-state index in [1.165, 1.54) is 16.7 Å². The summed E-state index contributed by atoms with van der Waals surface area (Å²) in [5, 5.41) is 2.74. The van der Waals surface area contributed by atoms with Crippen LogP contribution in [0, 0.1) is 6.92 Å². The highest BCUT2D eigenvalue weighted by molar-refractivity contribution is 5.84. The van der Waals surface area contributed by atoms with Gasteiger partial charge in [0, 0.05) is 5.69 Å². The van der Waals surface area contributed by atoms with E-state index in [1.54, 1.807) is 0 Å². The fourth-order valence-electron chi connectivity index (χ4n) is 2.11. The fourth-order valence-corrected chi connectivity index (χ4v) is 2.11. The molecule has 2 rings (SSSR count). The molecule has 2 aromatic rings. The number of carbonyl (C=O) groups is 1. The fraction of sp³-hybridized carbons (Fsp3) is 0.316. The van der Waals surface area contributed by atoms with Gasteiger partial charge in [0.25, 0.3) is 0 Å². The lowest BCUT2D eigenvalue weighted by Gasteiger charge is -2.08. The second-order valence-corrected chi connectivity index (χ2v) is 5.47. The van der Waals surface area contributed by atoms with Gasteiger partial charge >= 0.3 is 6.09 Å². The molecule has 0 heterocycles. The molecule has 3 nitrogen and oxygen atoms in total. The molecule has 116 valence electrons. The Kier molecular flexibility index (Phi) is 6.01. The minimum absolute atomic E-state index is 0.389. The van der Waals surface area contributed by atoms with E-state index >= 15 is 0 Å². The number of rotatable bonds is 6. The van der Waals surface area contributed by atoms with E-state index in [0.717, 1.165) is 24.9 Å². The molecule has 1 N–H and O–H groups in total. The summed E-state index contributed by atoms with van der Waals surface area (Å²) in [7, 11) is 0. The van der Waals surface area contributed by atoms with Gasteiger partial charge in [-0.25, -0.2) is 4.79 Å². The normalized spacial score (nSPS) is 10.3. The van der Waals surface area contributed by atoms with E-state index in [1.807, 2.05) is 24.3 Å². The molecule has 0 aliphatic heterocycles. The van der Waals surface area contributed by atoms with Gasteiger partial charge in [0.2, 0.25) is 0 Å². The third-order valence-electron chi connectivity index (χ3n) is 3.46. The minimum Gasteiger partial charge on any atom is -0.449 e. The lowest BCUT2D eigenvalue weighted by molar-refractivity contribution is 0.160. The molecular weight excluding hydrogens is 274 g/mol. The van der Waals surface area contributed by atoms with Crippen LogP contribution in [0.25, 0.3) is 0 Å². The molecule has 0 aliphatic rings. The first-order valence-corrected chi connectivity index (χ1v) is 7.75. The van der Waals surface area contributed by atoms with Crippen molar-refractivity contribution in [3.63, 3.8) is 0 Å². The van der Waals surface area contributed by atoms with Gasteiger partial charge in [0.1, 0.15) is 0 Å². The molecule has 0 spiro atoms. The lowest BCUT2D eigenvalue weighted by Crippen LogP contribution is -2.14. The van der Waals surface area contributed by atoms with Gasteiger partial charge in [0.05, 0.1) is 6.61 Å². The molecule has 0 saturated heterocycles. The van der Waals surface area contributed by atoms with E-state index in [9.17, 15) is 4.79 Å². The Labute approximate surface area is 132 Å². The first-order chi connectivity index (χ1) is 10.7. The Bertz CT molecular complexity index is 588. The van der Waals surface area contributed by atoms with Crippen LogP contribution in [0.5, 0.6) is 0 Å². The number of anilines is 1. The second-order valence-electron chi connectivity index (χ2n) is 5.47. The maximum Gasteiger partial charge on any atom is 0.411 e. The topological polar surface area (TPSA) is 38.3 Å². The van der Waals surface area contributed by atoms with Crippen LogP contribution in [-0.4, -0.2) is 12.7 Å². The predicted molar refractivity (Wildman–Crippen MR) is 90.3 cm³/mol. The molecule has 0 radical (unpaired) electrons. The summed E-state index contributed by atoms with van der Waals surface area (Å²) in [5.74, 6) is 0. The van der Waals surface area contributed by atoms with Crippen molar-refractivity contribution in [1.82, 2.24) is 0 Å². The first kappa shape index (κ1) is 16.1. The van der Waals surface area contributed by atoms with Crippen molar-refractivity contribution < 1.29 is 9.53 Å². The number of benzene rings is 2. The van der Waals surface area contributed by atoms with Crippen LogP contribution in [-0.2, 0) is 11.2 Å². The molecule has 0 aliphatic carbocycles. The summed E-state index contributed by atoms with van der Waals surface area (Å²) in [6, 6.07) is 16.4. The van der Waals surface area contributed by atoms with Crippen LogP contribution in [0.4, 0.5) is 10.5 Å². The molecule has 3 heteroatoms. The summed E-state index contributed by atoms with van der Waals surface area (Å²) in [4.78, 5) is 11.6. The Morgan fingerprint density at radius 2 is 1.59 bits per heavy atom. The van der Waals surface area contributed by atoms with E-state index in [0.29, 0.717) is 6.61 Å². The number of aryl methyl sites for hydroxylation is 1. The van der Waals surface area contributed by atoms with Crippen LogP contribution in [0.1, 0.15) is 36.5 Å². The molecule has 0 atom stereocenters. The standard InChI is InChI=1S/C19H23NO2/c1-3-4-13-22-19(21)20-18-11-9-17(10-12-18)14-16-7-5-15(2)6-8-16/h5-12H,3-4,13-14H2,1-2H3,(H,20,21). The summed E-state index contributed by atoms with van der Waals surface area (Å²) in [5.41, 5.74) is 4.53. The van der Waals surface area contributed by atoms with Crippen LogP contribution < -0.4 is 5.32 Å². The molecule has 0 aromatic heterocycles. The molecule has 2 aromatic carbocycles. The Morgan fingerprint density at radius 3 is 2.18 bits per heavy atom. The molecule has 0 fully saturated rings. The largest absolute Gasteiger partial charge is 0.449 e. The lowest BCUT2D eigenvalue weighted by atomic mass is 10.0. The van der Waals surface area contributed by atoms with Crippen LogP contribution in [0.2, 0.25) is 0 Å². The quantitative estimate of drug-likeness (QED) is 0.767. The van der Waals surface area contributed by atoms with Crippen molar-refractivity contribution in [3.05, 3.63) is 65.2 Å². The van der Waals surface area contributed by atoms with Gasteiger partial charge in [-0.2, -0.15) is 0 Å². The number of hydrogen-bond acceptors (Lipinski definition) is 2. The Morgan fingerprint density at radius 1 is 1.00 bits per heavy atom. The molecule has 22 heavy (non-hydrogen) atoms. The van der Waals surface area contributed by atoms with Gasteiger partial charge < -0.3 is 4.74 Å². The maximum atomic E-state index is 11.6. The number of nitrogens with one attached hydrogen (secondary N) is 1. The summed E-state index contributed by atoms with van der Waals surface area (Å²) in [6.45, 7) is 4.62. The molecular formula is C19H23NO2. The highest BCUT2D eigenvalue weighted by atomic mass is 16.5. The average molecular weight is 297 g/mol. The van der Waals surface area contributed by atoms with Crippen LogP contribution in [0.3, 0.4) is 0 Å². The van der Waals surface area contributed by atoms with Gasteiger partial charge in [-0.15, -0.1) is 0 Å². The van der Waals surface area contributed by atoms with E-state index in [-0.39, 0.29) is 6.09 Å². The molecule has 0 unspecified atom stereocenters. The third kappa shape index (κ3) is 5.24. The average Bonchev–Trinajstić information content (AvgIpc) is 2.52. The van der Waals surface area contributed by atoms with Crippen molar-refractivity contribution >= 4 is 11.8 Å². The van der Waals surface area contributed by atoms with Crippen molar-refractivity contribution in [2.75, 3.05) is 11.9 Å². The number of amides is 1. The summed E-state index contributed by atoms with van der Waals surface area (Å²) in [6.07, 6.45) is 2.41. The third-order valence-corrected chi connectivity index (χ3v) is 3.46. The maximum absolute atomic E-state index is 11.6. The number of unbranched alkanes of at least 4 members (excludes halogenated alkanes) is 1. The SMILES string of the molecule is CCCCOC(=O)Nc1ccc(Cc2ccc(C)cc2)cc1. The second kappa shape index (κ2) is 8.23. The van der Waals surface area contributed by atoms with Crippen molar-refractivity contribution in [2.24, 2.45) is 0 Å². The summed E-state index contributed by atoms with van der Waals surface area (Å²) >= 11 is 0. The number of hydrogen-bond donors (Lipinski definition) is 1. The van der Waals surface area contributed by atoms with E-state index in [2.05, 4.69) is 43.4 Å². The number of ether oxygens (including phenoxy) is 1. The van der Waals surface area contributed by atoms with Gasteiger partial charge in [-0.05, 0) is 43.0 Å². The highest BCUT2D eigenvalue weighted by Crippen LogP contribution is 2.14. The smallest absolute Gasteiger partial charge is 0.411 e. The number of carbonyl (C=O) groups excluding carboxylic acids is 1. The summed E-state index contributed by atoms with van der Waals surface area (Å²) < 4.78 is 5.07. The molecule has 0 saturated carbocycles. The molecule has 0 bridgehead atoms. The van der Waals surface area contributed by atoms with Crippen molar-refractivity contribution in [3.8, 4) is 0 Å². The zero-order valence-corrected chi connectivity index (χ0v) is 13.3. The Hall–Kier alpha value is -2.29. The monoisotopic (exact) mass is 297 g/mol. The first-order valence-electron chi connectivity index (χ1n) is 7.75. The zero-order chi connectivity index (χ0) is 15.8. The van der Waals surface area contributed by atoms with Gasteiger partial charge in [0.15, 0.2) is 0 Å². The van der Waals surface area contributed by atoms with Crippen molar-refractivity contribution in [2.45, 2.75) is 33.1 Å². The zero-order valence-electron chi connectivity index (χ0n) is 13.3. The van der Waals surface area contributed by atoms with Gasteiger partial charge in [-0.1, -0.05) is 55.3 Å². The van der Waals surface area contributed by atoms with Crippen molar-refractivity contribution in [1.29, 1.82) is 0 Å². The van der Waals surface area contributed by atoms with E-state index in [4.69, 9.17) is 4.74 Å².